The number of hydrogen-bond donors (Lipinski definition) is 0. The van der Waals surface area contributed by atoms with Crippen molar-refractivity contribution >= 4 is 27.8 Å². The van der Waals surface area contributed by atoms with Crippen LogP contribution < -0.4 is 26.6 Å². The molecule has 0 N–H and O–H groups in total. The van der Waals surface area contributed by atoms with Gasteiger partial charge in [0.15, 0.2) is 0 Å². The summed E-state index contributed by atoms with van der Waals surface area (Å²) in [5, 5.41) is 10.4. The van der Waals surface area contributed by atoms with Gasteiger partial charge >= 0.3 is 5.13 Å². The van der Waals surface area contributed by atoms with E-state index in [-0.39, 0.29) is 12.4 Å². The molecule has 0 aliphatic heterocycles. The van der Waals surface area contributed by atoms with E-state index in [0.717, 1.165) is 34.5 Å². The van der Waals surface area contributed by atoms with Crippen molar-refractivity contribution in [1.82, 2.24) is 0 Å². The molecule has 1 aromatic heterocycles. The molecule has 0 unspecified atom stereocenters. The maximum absolute atomic E-state index is 5.25. The largest absolute Gasteiger partial charge is 1.00 e. The van der Waals surface area contributed by atoms with E-state index in [4.69, 9.17) is 4.74 Å². The quantitative estimate of drug-likeness (QED) is 0.438. The van der Waals surface area contributed by atoms with Crippen LogP contribution in [0.3, 0.4) is 0 Å². The van der Waals surface area contributed by atoms with Crippen LogP contribution in [0.15, 0.2) is 65.0 Å². The van der Waals surface area contributed by atoms with Crippen molar-refractivity contribution in [1.29, 1.82) is 0 Å². The number of aryl methyl sites for hydroxylation is 2. The Morgan fingerprint density at radius 1 is 1.11 bits per heavy atom. The Hall–Kier alpha value is -2.44. The third kappa shape index (κ3) is 5.30. The van der Waals surface area contributed by atoms with E-state index in [9.17, 15) is 0 Å². The lowest BCUT2D eigenvalue weighted by Crippen LogP contribution is -3.00. The molecule has 0 spiro atoms. The Bertz CT molecular complexity index is 927. The SMILES string of the molecule is CCN(Cc1ccccc1)c1ccc(/N=N/c2sc(OC)c[n+]2C)c(C)c1.[Cl-]. The minimum atomic E-state index is 0. The first-order valence-electron chi connectivity index (χ1n) is 8.95. The lowest BCUT2D eigenvalue weighted by molar-refractivity contribution is -0.654. The summed E-state index contributed by atoms with van der Waals surface area (Å²) < 4.78 is 7.16. The number of rotatable bonds is 7. The molecular weight excluding hydrogens is 392 g/mol. The van der Waals surface area contributed by atoms with Crippen LogP contribution in [0.1, 0.15) is 18.1 Å². The van der Waals surface area contributed by atoms with Crippen molar-refractivity contribution in [3.8, 4) is 5.06 Å². The molecule has 0 aliphatic carbocycles. The predicted molar refractivity (Wildman–Crippen MR) is 111 cm³/mol. The average molecular weight is 417 g/mol. The van der Waals surface area contributed by atoms with Gasteiger partial charge in [-0.15, -0.1) is 0 Å². The van der Waals surface area contributed by atoms with Crippen molar-refractivity contribution < 1.29 is 21.7 Å². The third-order valence-corrected chi connectivity index (χ3v) is 5.41. The van der Waals surface area contributed by atoms with E-state index in [1.165, 1.54) is 22.6 Å². The van der Waals surface area contributed by atoms with Crippen LogP contribution in [0.25, 0.3) is 0 Å². The monoisotopic (exact) mass is 416 g/mol. The summed E-state index contributed by atoms with van der Waals surface area (Å²) in [5.74, 6) is 0. The van der Waals surface area contributed by atoms with Gasteiger partial charge in [-0.2, -0.15) is 0 Å². The fraction of sp³-hybridized carbons (Fsp3) is 0.286. The molecule has 2 aromatic carbocycles. The Morgan fingerprint density at radius 3 is 2.46 bits per heavy atom. The highest BCUT2D eigenvalue weighted by molar-refractivity contribution is 7.16. The summed E-state index contributed by atoms with van der Waals surface area (Å²) in [7, 11) is 3.59. The predicted octanol–water partition coefficient (Wildman–Crippen LogP) is 2.34. The summed E-state index contributed by atoms with van der Waals surface area (Å²) in [6.07, 6.45) is 1.90. The number of anilines is 1. The molecule has 7 heteroatoms. The molecule has 3 rings (SSSR count). The Labute approximate surface area is 176 Å². The number of ether oxygens (including phenoxy) is 1. The fourth-order valence-corrected chi connectivity index (χ4v) is 3.57. The van der Waals surface area contributed by atoms with Crippen molar-refractivity contribution in [2.75, 3.05) is 18.6 Å². The van der Waals surface area contributed by atoms with E-state index in [1.54, 1.807) is 7.11 Å². The van der Waals surface area contributed by atoms with Gasteiger partial charge in [0, 0.05) is 18.8 Å². The van der Waals surface area contributed by atoms with Crippen molar-refractivity contribution in [3.63, 3.8) is 0 Å². The van der Waals surface area contributed by atoms with Crippen LogP contribution in [-0.4, -0.2) is 13.7 Å². The molecule has 3 aromatic rings. The van der Waals surface area contributed by atoms with E-state index in [2.05, 4.69) is 65.4 Å². The third-order valence-electron chi connectivity index (χ3n) is 4.38. The topological polar surface area (TPSA) is 41.1 Å². The molecule has 0 amide bonds. The van der Waals surface area contributed by atoms with Gasteiger partial charge in [0.1, 0.15) is 11.9 Å². The minimum absolute atomic E-state index is 0. The summed E-state index contributed by atoms with van der Waals surface area (Å²) in [4.78, 5) is 2.35. The molecule has 0 aliphatic rings. The first-order chi connectivity index (χ1) is 13.1. The lowest BCUT2D eigenvalue weighted by Gasteiger charge is -2.23. The number of halogens is 1. The maximum atomic E-state index is 5.25. The number of nitrogens with zero attached hydrogens (tertiary/aromatic N) is 4. The second-order valence-electron chi connectivity index (χ2n) is 6.32. The van der Waals surface area contributed by atoms with Crippen LogP contribution in [0.5, 0.6) is 5.06 Å². The molecule has 0 radical (unpaired) electrons. The van der Waals surface area contributed by atoms with E-state index in [1.807, 2.05) is 29.9 Å². The summed E-state index contributed by atoms with van der Waals surface area (Å²) in [6.45, 7) is 6.09. The van der Waals surface area contributed by atoms with Crippen LogP contribution >= 0.6 is 11.3 Å². The second kappa shape index (κ2) is 10.2. The van der Waals surface area contributed by atoms with Gasteiger partial charge in [-0.05, 0) is 59.6 Å². The standard InChI is InChI=1S/C21H25N4OS.ClH/c1-5-25(14-17-9-7-6-8-10-17)18-11-12-19(16(2)13-18)22-23-21-24(3)15-20(26-4)27-21;/h6-13,15H,5,14H2,1-4H3;1H/q+1;/p-1. The molecule has 0 bridgehead atoms. The van der Waals surface area contributed by atoms with Crippen LogP contribution in [0.4, 0.5) is 16.5 Å². The highest BCUT2D eigenvalue weighted by atomic mass is 35.5. The highest BCUT2D eigenvalue weighted by Crippen LogP contribution is 2.30. The zero-order valence-corrected chi connectivity index (χ0v) is 18.2. The van der Waals surface area contributed by atoms with Gasteiger partial charge < -0.3 is 22.0 Å². The van der Waals surface area contributed by atoms with Gasteiger partial charge in [0.05, 0.1) is 19.3 Å². The molecule has 0 saturated heterocycles. The lowest BCUT2D eigenvalue weighted by atomic mass is 10.1. The van der Waals surface area contributed by atoms with E-state index < -0.39 is 0 Å². The number of benzene rings is 2. The van der Waals surface area contributed by atoms with Gasteiger partial charge in [0.25, 0.3) is 0 Å². The van der Waals surface area contributed by atoms with E-state index in [0.29, 0.717) is 0 Å². The number of methoxy groups -OCH3 is 1. The molecule has 148 valence electrons. The van der Waals surface area contributed by atoms with Crippen molar-refractivity contribution in [2.24, 2.45) is 17.3 Å². The van der Waals surface area contributed by atoms with Crippen LogP contribution in [-0.2, 0) is 13.6 Å². The van der Waals surface area contributed by atoms with Crippen molar-refractivity contribution in [3.05, 3.63) is 65.9 Å². The van der Waals surface area contributed by atoms with Crippen molar-refractivity contribution in [2.45, 2.75) is 20.4 Å². The molecule has 0 saturated carbocycles. The van der Waals surface area contributed by atoms with E-state index >= 15 is 0 Å². The van der Waals surface area contributed by atoms with Gasteiger partial charge in [-0.3, -0.25) is 0 Å². The molecule has 1 heterocycles. The van der Waals surface area contributed by atoms with Crippen LogP contribution in [0.2, 0.25) is 0 Å². The number of hydrogen-bond acceptors (Lipinski definition) is 5. The number of thiazole rings is 1. The Morgan fingerprint density at radius 2 is 1.86 bits per heavy atom. The molecule has 5 nitrogen and oxygen atoms in total. The van der Waals surface area contributed by atoms with Gasteiger partial charge in [-0.1, -0.05) is 30.3 Å². The first kappa shape index (κ1) is 21.9. The Balaban J connectivity index is 0.00000280. The number of azo groups is 1. The van der Waals surface area contributed by atoms with Gasteiger partial charge in [-0.25, -0.2) is 4.57 Å². The van der Waals surface area contributed by atoms with Crippen LogP contribution in [0, 0.1) is 6.92 Å². The zero-order valence-electron chi connectivity index (χ0n) is 16.6. The fourth-order valence-electron chi connectivity index (χ4n) is 2.82. The molecular formula is C21H25ClN4OS. The smallest absolute Gasteiger partial charge is 0.411 e. The molecule has 28 heavy (non-hydrogen) atoms. The summed E-state index contributed by atoms with van der Waals surface area (Å²) in [6, 6.07) is 16.9. The first-order valence-corrected chi connectivity index (χ1v) is 9.77. The number of aromatic nitrogens is 1. The molecule has 0 fully saturated rings. The summed E-state index contributed by atoms with van der Waals surface area (Å²) >= 11 is 1.47. The minimum Gasteiger partial charge on any atom is -1.00 e. The molecule has 0 atom stereocenters. The highest BCUT2D eigenvalue weighted by Gasteiger charge is 2.14. The Kier molecular flexibility index (Phi) is 7.96. The zero-order chi connectivity index (χ0) is 19.2. The summed E-state index contributed by atoms with van der Waals surface area (Å²) in [5.41, 5.74) is 4.48. The second-order valence-corrected chi connectivity index (χ2v) is 7.29. The van der Waals surface area contributed by atoms with Gasteiger partial charge in [0.2, 0.25) is 5.06 Å². The maximum Gasteiger partial charge on any atom is 0.411 e. The normalized spacial score (nSPS) is 10.7. The average Bonchev–Trinajstić information content (AvgIpc) is 3.06.